The van der Waals surface area contributed by atoms with Crippen molar-refractivity contribution in [3.05, 3.63) is 29.3 Å². The second kappa shape index (κ2) is 4.87. The number of hydrogen-bond acceptors (Lipinski definition) is 2. The molecule has 0 bridgehead atoms. The van der Waals surface area contributed by atoms with E-state index in [0.717, 1.165) is 0 Å². The van der Waals surface area contributed by atoms with Crippen molar-refractivity contribution in [2.75, 3.05) is 0 Å². The van der Waals surface area contributed by atoms with Crippen molar-refractivity contribution in [2.24, 2.45) is 0 Å². The van der Waals surface area contributed by atoms with Crippen LogP contribution in [0.15, 0.2) is 24.3 Å². The van der Waals surface area contributed by atoms with E-state index in [1.165, 1.54) is 0 Å². The van der Waals surface area contributed by atoms with E-state index in [-0.39, 0.29) is 10.1 Å². The number of halogens is 1. The largest absolute Gasteiger partial charge is 0.520 e. The first-order valence-electron chi connectivity index (χ1n) is 6.14. The number of hydrogen-bond donors (Lipinski definition) is 1. The predicted molar refractivity (Wildman–Crippen MR) is 79.5 cm³/mol. The van der Waals surface area contributed by atoms with Crippen LogP contribution in [0.2, 0.25) is 15.1 Å². The molecule has 0 atom stereocenters. The van der Waals surface area contributed by atoms with Crippen LogP contribution in [0.4, 0.5) is 0 Å². The van der Waals surface area contributed by atoms with Gasteiger partial charge in [0.15, 0.2) is 0 Å². The fraction of sp³-hybridized carbons (Fsp3) is 0.571. The minimum absolute atomic E-state index is 0.284. The van der Waals surface area contributed by atoms with Gasteiger partial charge in [0.1, 0.15) is 5.75 Å². The molecule has 0 saturated carbocycles. The van der Waals surface area contributed by atoms with Crippen molar-refractivity contribution in [3.63, 3.8) is 0 Å². The van der Waals surface area contributed by atoms with E-state index in [4.69, 9.17) is 16.0 Å². The van der Waals surface area contributed by atoms with Crippen LogP contribution in [-0.2, 0) is 0 Å². The molecule has 1 aromatic rings. The molecule has 0 unspecified atom stereocenters. The van der Waals surface area contributed by atoms with Crippen molar-refractivity contribution in [2.45, 2.75) is 51.6 Å². The molecule has 102 valence electrons. The molecule has 1 N–H and O–H groups in total. The first kappa shape index (κ1) is 15.5. The van der Waals surface area contributed by atoms with Crippen LogP contribution in [0.3, 0.4) is 0 Å². The summed E-state index contributed by atoms with van der Waals surface area (Å²) in [5.41, 5.74) is 0. The molecule has 0 saturated heterocycles. The summed E-state index contributed by atoms with van der Waals surface area (Å²) in [6, 6.07) is 7.21. The summed E-state index contributed by atoms with van der Waals surface area (Å²) in [6.45, 7) is 12.1. The van der Waals surface area contributed by atoms with E-state index in [9.17, 15) is 4.80 Å². The van der Waals surface area contributed by atoms with Gasteiger partial charge in [-0.05, 0) is 18.2 Å². The first-order valence-corrected chi connectivity index (χ1v) is 8.38. The van der Waals surface area contributed by atoms with Gasteiger partial charge in [-0.25, -0.2) is 0 Å². The fourth-order valence-corrected chi connectivity index (χ4v) is 5.64. The molecule has 0 spiro atoms. The van der Waals surface area contributed by atoms with Gasteiger partial charge >= 0.3 is 8.56 Å². The van der Waals surface area contributed by atoms with Gasteiger partial charge in [0.2, 0.25) is 0 Å². The first-order chi connectivity index (χ1) is 7.97. The third-order valence-corrected chi connectivity index (χ3v) is 7.93. The zero-order valence-electron chi connectivity index (χ0n) is 12.0. The second-order valence-electron chi connectivity index (χ2n) is 6.70. The molecule has 1 rings (SSSR count). The summed E-state index contributed by atoms with van der Waals surface area (Å²) >= 11 is 5.96. The van der Waals surface area contributed by atoms with E-state index in [1.54, 1.807) is 12.1 Å². The topological polar surface area (TPSA) is 29.5 Å². The Hall–Kier alpha value is -0.513. The molecule has 4 heteroatoms. The Balaban J connectivity index is 3.16. The van der Waals surface area contributed by atoms with Gasteiger partial charge in [0, 0.05) is 15.1 Å². The van der Waals surface area contributed by atoms with E-state index >= 15 is 0 Å². The highest BCUT2D eigenvalue weighted by Gasteiger charge is 2.57. The molecule has 18 heavy (non-hydrogen) atoms. The van der Waals surface area contributed by atoms with Gasteiger partial charge in [-0.3, -0.25) is 0 Å². The molecule has 2 nitrogen and oxygen atoms in total. The van der Waals surface area contributed by atoms with Gasteiger partial charge in [-0.1, -0.05) is 59.2 Å². The van der Waals surface area contributed by atoms with Crippen molar-refractivity contribution < 1.29 is 9.22 Å². The summed E-state index contributed by atoms with van der Waals surface area (Å²) in [5, 5.41) is 0.0490. The average Bonchev–Trinajstić information content (AvgIpc) is 2.13. The van der Waals surface area contributed by atoms with Gasteiger partial charge in [-0.15, -0.1) is 0 Å². The Bertz CT molecular complexity index is 405. The maximum atomic E-state index is 11.1. The fourth-order valence-electron chi connectivity index (χ4n) is 2.13. The van der Waals surface area contributed by atoms with E-state index in [0.29, 0.717) is 10.8 Å². The predicted octanol–water partition coefficient (Wildman–Crippen LogP) is 4.75. The molecular weight excluding hydrogens is 264 g/mol. The Morgan fingerprint density at radius 1 is 1.06 bits per heavy atom. The standard InChI is InChI=1S/C14H23ClO2Si/c1-13(2,3)18(16,14(4,5)6)17-12-9-7-8-11(15)10-12/h7-10,16H,1-6H3. The average molecular weight is 287 g/mol. The van der Waals surface area contributed by atoms with Gasteiger partial charge < -0.3 is 9.22 Å². The molecule has 1 aromatic carbocycles. The van der Waals surface area contributed by atoms with Crippen LogP contribution in [-0.4, -0.2) is 13.4 Å². The van der Waals surface area contributed by atoms with Crippen LogP contribution in [0.25, 0.3) is 0 Å². The monoisotopic (exact) mass is 286 g/mol. The smallest absolute Gasteiger partial charge is 0.407 e. The SMILES string of the molecule is CC(C)(C)[Si](O)(Oc1cccc(Cl)c1)C(C)(C)C. The summed E-state index contributed by atoms with van der Waals surface area (Å²) in [7, 11) is -2.97. The van der Waals surface area contributed by atoms with E-state index in [1.807, 2.05) is 53.7 Å². The van der Waals surface area contributed by atoms with Crippen LogP contribution in [0.5, 0.6) is 5.75 Å². The molecule has 0 aromatic heterocycles. The zero-order valence-corrected chi connectivity index (χ0v) is 13.8. The number of rotatable bonds is 2. The Kier molecular flexibility index (Phi) is 4.21. The lowest BCUT2D eigenvalue weighted by Crippen LogP contribution is -2.57. The van der Waals surface area contributed by atoms with Crippen LogP contribution < -0.4 is 4.43 Å². The molecule has 0 aliphatic rings. The highest BCUT2D eigenvalue weighted by atomic mass is 35.5. The molecule has 0 amide bonds. The molecule has 0 aliphatic heterocycles. The Morgan fingerprint density at radius 2 is 1.56 bits per heavy atom. The summed E-state index contributed by atoms with van der Waals surface area (Å²) < 4.78 is 6.02. The van der Waals surface area contributed by atoms with Crippen molar-refractivity contribution >= 4 is 20.2 Å². The normalized spacial score (nSPS) is 13.6. The van der Waals surface area contributed by atoms with E-state index in [2.05, 4.69) is 0 Å². The van der Waals surface area contributed by atoms with Crippen LogP contribution in [0.1, 0.15) is 41.5 Å². The molecule has 0 heterocycles. The Labute approximate surface area is 116 Å². The van der Waals surface area contributed by atoms with Gasteiger partial charge in [0.25, 0.3) is 0 Å². The molecule has 0 radical (unpaired) electrons. The summed E-state index contributed by atoms with van der Waals surface area (Å²) in [6.07, 6.45) is 0. The molecule has 0 aliphatic carbocycles. The maximum absolute atomic E-state index is 11.1. The third kappa shape index (κ3) is 3.08. The third-order valence-electron chi connectivity index (χ3n) is 3.09. The summed E-state index contributed by atoms with van der Waals surface area (Å²) in [4.78, 5) is 11.1. The quantitative estimate of drug-likeness (QED) is 0.795. The van der Waals surface area contributed by atoms with Crippen molar-refractivity contribution in [1.29, 1.82) is 0 Å². The van der Waals surface area contributed by atoms with Crippen LogP contribution >= 0.6 is 11.6 Å². The lowest BCUT2D eigenvalue weighted by Gasteiger charge is -2.45. The minimum Gasteiger partial charge on any atom is -0.520 e. The second-order valence-corrected chi connectivity index (χ2v) is 11.6. The van der Waals surface area contributed by atoms with Gasteiger partial charge in [0.05, 0.1) is 0 Å². The van der Waals surface area contributed by atoms with Crippen molar-refractivity contribution in [3.8, 4) is 5.75 Å². The summed E-state index contributed by atoms with van der Waals surface area (Å²) in [5.74, 6) is 0.640. The number of benzene rings is 1. The minimum atomic E-state index is -2.97. The highest BCUT2D eigenvalue weighted by molar-refractivity contribution is 6.72. The highest BCUT2D eigenvalue weighted by Crippen LogP contribution is 2.49. The maximum Gasteiger partial charge on any atom is 0.407 e. The van der Waals surface area contributed by atoms with E-state index < -0.39 is 8.56 Å². The van der Waals surface area contributed by atoms with Crippen LogP contribution in [0, 0.1) is 0 Å². The van der Waals surface area contributed by atoms with Crippen molar-refractivity contribution in [1.82, 2.24) is 0 Å². The lowest BCUT2D eigenvalue weighted by molar-refractivity contribution is 0.284. The molecular formula is C14H23ClO2Si. The van der Waals surface area contributed by atoms with Gasteiger partial charge in [-0.2, -0.15) is 0 Å². The lowest BCUT2D eigenvalue weighted by atomic mass is 10.2. The molecule has 0 fully saturated rings. The Morgan fingerprint density at radius 3 is 1.94 bits per heavy atom. The zero-order chi connectivity index (χ0) is 14.2.